The van der Waals surface area contributed by atoms with Crippen LogP contribution in [0.2, 0.25) is 0 Å². The highest BCUT2D eigenvalue weighted by molar-refractivity contribution is 9.11. The van der Waals surface area contributed by atoms with Gasteiger partial charge in [0.25, 0.3) is 0 Å². The second-order valence-electron chi connectivity index (χ2n) is 4.05. The van der Waals surface area contributed by atoms with Crippen molar-refractivity contribution in [3.8, 4) is 0 Å². The summed E-state index contributed by atoms with van der Waals surface area (Å²) in [6.45, 7) is 3.62. The fourth-order valence-electron chi connectivity index (χ4n) is 1.18. The quantitative estimate of drug-likeness (QED) is 0.663. The molecule has 1 aromatic carbocycles. The average Bonchev–Trinajstić information content (AvgIpc) is 2.30. The number of anilines is 1. The van der Waals surface area contributed by atoms with Crippen LogP contribution < -0.4 is 5.32 Å². The van der Waals surface area contributed by atoms with E-state index in [-0.39, 0.29) is 11.2 Å². The second kappa shape index (κ2) is 8.02. The standard InChI is InChI=1S/C12H14Br3NO2S/c1-6(17)7(2)19-5-11(18)16-12-9(14)3-8(13)4-10(12)15/h3-4,6-7,17H,5H2,1-2H3,(H,16,18). The number of aliphatic hydroxyl groups is 1. The maximum Gasteiger partial charge on any atom is 0.234 e. The largest absolute Gasteiger partial charge is 0.392 e. The molecular formula is C12H14Br3NO2S. The number of rotatable bonds is 5. The van der Waals surface area contributed by atoms with E-state index in [0.717, 1.165) is 13.4 Å². The van der Waals surface area contributed by atoms with Crippen molar-refractivity contribution in [3.63, 3.8) is 0 Å². The van der Waals surface area contributed by atoms with Gasteiger partial charge in [-0.15, -0.1) is 11.8 Å². The van der Waals surface area contributed by atoms with Gasteiger partial charge in [-0.2, -0.15) is 0 Å². The second-order valence-corrected chi connectivity index (χ2v) is 8.04. The van der Waals surface area contributed by atoms with Crippen molar-refractivity contribution in [1.29, 1.82) is 0 Å². The molecule has 0 saturated heterocycles. The Hall–Kier alpha value is 0.440. The van der Waals surface area contributed by atoms with Crippen LogP contribution in [0, 0.1) is 0 Å². The normalized spacial score (nSPS) is 14.0. The molecule has 0 aliphatic carbocycles. The van der Waals surface area contributed by atoms with Crippen LogP contribution in [0.4, 0.5) is 5.69 Å². The Morgan fingerprint density at radius 3 is 2.32 bits per heavy atom. The molecule has 0 radical (unpaired) electrons. The van der Waals surface area contributed by atoms with E-state index in [1.54, 1.807) is 6.92 Å². The predicted molar refractivity (Wildman–Crippen MR) is 91.8 cm³/mol. The average molecular weight is 476 g/mol. The van der Waals surface area contributed by atoms with E-state index in [9.17, 15) is 9.90 Å². The third-order valence-corrected chi connectivity index (χ3v) is 5.49. The van der Waals surface area contributed by atoms with E-state index in [1.807, 2.05) is 19.1 Å². The molecule has 106 valence electrons. The van der Waals surface area contributed by atoms with Gasteiger partial charge in [-0.1, -0.05) is 22.9 Å². The minimum absolute atomic E-state index is 0.0301. The molecule has 1 aromatic rings. The van der Waals surface area contributed by atoms with Gasteiger partial charge in [0.15, 0.2) is 0 Å². The molecule has 0 aromatic heterocycles. The van der Waals surface area contributed by atoms with E-state index in [4.69, 9.17) is 0 Å². The van der Waals surface area contributed by atoms with E-state index in [0.29, 0.717) is 11.4 Å². The summed E-state index contributed by atoms with van der Waals surface area (Å²) in [6, 6.07) is 3.73. The molecule has 0 bridgehead atoms. The maximum atomic E-state index is 11.9. The molecule has 2 N–H and O–H groups in total. The highest BCUT2D eigenvalue weighted by Crippen LogP contribution is 2.34. The van der Waals surface area contributed by atoms with Crippen molar-refractivity contribution >= 4 is 71.1 Å². The van der Waals surface area contributed by atoms with Crippen LogP contribution in [0.1, 0.15) is 13.8 Å². The number of aliphatic hydroxyl groups excluding tert-OH is 1. The zero-order valence-electron chi connectivity index (χ0n) is 10.4. The van der Waals surface area contributed by atoms with Gasteiger partial charge in [0.05, 0.1) is 17.5 Å². The van der Waals surface area contributed by atoms with Gasteiger partial charge in [0, 0.05) is 18.7 Å². The number of halogens is 3. The third-order valence-electron chi connectivity index (χ3n) is 2.43. The SMILES string of the molecule is CC(O)C(C)SCC(=O)Nc1c(Br)cc(Br)cc1Br. The van der Waals surface area contributed by atoms with Crippen LogP contribution in [0.5, 0.6) is 0 Å². The number of hydrogen-bond acceptors (Lipinski definition) is 3. The van der Waals surface area contributed by atoms with E-state index in [1.165, 1.54) is 11.8 Å². The van der Waals surface area contributed by atoms with Gasteiger partial charge in [-0.25, -0.2) is 0 Å². The summed E-state index contributed by atoms with van der Waals surface area (Å²) in [5, 5.41) is 12.2. The van der Waals surface area contributed by atoms with Gasteiger partial charge in [0.1, 0.15) is 0 Å². The Balaban J connectivity index is 2.63. The van der Waals surface area contributed by atoms with Crippen molar-refractivity contribution in [2.75, 3.05) is 11.1 Å². The molecule has 0 saturated carbocycles. The first kappa shape index (κ1) is 17.5. The molecule has 2 unspecified atom stereocenters. The molecule has 0 heterocycles. The number of carbonyl (C=O) groups excluding carboxylic acids is 1. The van der Waals surface area contributed by atoms with Gasteiger partial charge >= 0.3 is 0 Å². The van der Waals surface area contributed by atoms with E-state index < -0.39 is 6.10 Å². The molecular weight excluding hydrogens is 462 g/mol. The Morgan fingerprint density at radius 2 is 1.84 bits per heavy atom. The third kappa shape index (κ3) is 5.75. The lowest BCUT2D eigenvalue weighted by molar-refractivity contribution is -0.113. The highest BCUT2D eigenvalue weighted by atomic mass is 79.9. The zero-order chi connectivity index (χ0) is 14.6. The summed E-state index contributed by atoms with van der Waals surface area (Å²) in [5.41, 5.74) is 0.707. The van der Waals surface area contributed by atoms with Gasteiger partial charge in [-0.3, -0.25) is 4.79 Å². The van der Waals surface area contributed by atoms with Crippen molar-refractivity contribution in [1.82, 2.24) is 0 Å². The van der Waals surface area contributed by atoms with Gasteiger partial charge in [-0.05, 0) is 50.9 Å². The van der Waals surface area contributed by atoms with Gasteiger partial charge in [0.2, 0.25) is 5.91 Å². The van der Waals surface area contributed by atoms with Crippen LogP contribution in [0.3, 0.4) is 0 Å². The van der Waals surface area contributed by atoms with Crippen LogP contribution in [-0.2, 0) is 4.79 Å². The molecule has 0 fully saturated rings. The highest BCUT2D eigenvalue weighted by Gasteiger charge is 2.14. The number of carbonyl (C=O) groups is 1. The zero-order valence-corrected chi connectivity index (χ0v) is 16.0. The van der Waals surface area contributed by atoms with Gasteiger partial charge < -0.3 is 10.4 Å². The number of hydrogen-bond donors (Lipinski definition) is 2. The summed E-state index contributed by atoms with van der Waals surface area (Å²) in [6.07, 6.45) is -0.427. The predicted octanol–water partition coefficient (Wildman–Crippen LogP) is 4.42. The molecule has 1 amide bonds. The lowest BCUT2D eigenvalue weighted by Gasteiger charge is -2.14. The number of thioether (sulfide) groups is 1. The maximum absolute atomic E-state index is 11.9. The molecule has 0 aliphatic rings. The lowest BCUT2D eigenvalue weighted by atomic mass is 10.3. The first-order valence-corrected chi connectivity index (χ1v) is 8.98. The molecule has 7 heteroatoms. The summed E-state index contributed by atoms with van der Waals surface area (Å²) in [7, 11) is 0. The summed E-state index contributed by atoms with van der Waals surface area (Å²) in [5.74, 6) is 0.210. The van der Waals surface area contributed by atoms with E-state index in [2.05, 4.69) is 53.1 Å². The van der Waals surface area contributed by atoms with Crippen molar-refractivity contribution in [2.24, 2.45) is 0 Å². The molecule has 3 nitrogen and oxygen atoms in total. The van der Waals surface area contributed by atoms with Crippen LogP contribution in [0.15, 0.2) is 25.6 Å². The Labute approximate surface area is 142 Å². The topological polar surface area (TPSA) is 49.3 Å². The fourth-order valence-corrected chi connectivity index (χ4v) is 4.41. The van der Waals surface area contributed by atoms with Crippen LogP contribution >= 0.6 is 59.6 Å². The van der Waals surface area contributed by atoms with Crippen LogP contribution in [0.25, 0.3) is 0 Å². The smallest absolute Gasteiger partial charge is 0.234 e. The van der Waals surface area contributed by atoms with E-state index >= 15 is 0 Å². The monoisotopic (exact) mass is 473 g/mol. The molecule has 1 rings (SSSR count). The number of amides is 1. The van der Waals surface area contributed by atoms with Crippen molar-refractivity contribution in [2.45, 2.75) is 25.2 Å². The summed E-state index contributed by atoms with van der Waals surface area (Å²) >= 11 is 11.6. The lowest BCUT2D eigenvalue weighted by Crippen LogP contribution is -2.21. The Kier molecular flexibility index (Phi) is 7.39. The first-order valence-electron chi connectivity index (χ1n) is 5.55. The van der Waals surface area contributed by atoms with Crippen molar-refractivity contribution in [3.05, 3.63) is 25.6 Å². The molecule has 0 aliphatic heterocycles. The summed E-state index contributed by atoms with van der Waals surface area (Å²) < 4.78 is 2.52. The number of benzene rings is 1. The van der Waals surface area contributed by atoms with Crippen molar-refractivity contribution < 1.29 is 9.90 Å². The summed E-state index contributed by atoms with van der Waals surface area (Å²) in [4.78, 5) is 11.9. The molecule has 19 heavy (non-hydrogen) atoms. The number of nitrogens with one attached hydrogen (secondary N) is 1. The minimum atomic E-state index is -0.427. The minimum Gasteiger partial charge on any atom is -0.392 e. The fraction of sp³-hybridized carbons (Fsp3) is 0.417. The first-order chi connectivity index (χ1) is 8.81. The van der Waals surface area contributed by atoms with Crippen LogP contribution in [-0.4, -0.2) is 28.1 Å². The molecule has 0 spiro atoms. The Bertz CT molecular complexity index is 445. The molecule has 2 atom stereocenters. The Morgan fingerprint density at radius 1 is 1.32 bits per heavy atom.